The first-order valence-electron chi connectivity index (χ1n) is 12.5. The number of ether oxygens (including phenoxy) is 1. The monoisotopic (exact) mass is 540 g/mol. The molecule has 2 heterocycles. The maximum Gasteiger partial charge on any atom is 0.329 e. The molecule has 1 aliphatic heterocycles. The maximum atomic E-state index is 13.5. The van der Waals surface area contributed by atoms with E-state index in [9.17, 15) is 18.8 Å². The van der Waals surface area contributed by atoms with Crippen LogP contribution in [0.4, 0.5) is 10.1 Å². The van der Waals surface area contributed by atoms with Crippen molar-refractivity contribution in [3.8, 4) is 16.9 Å². The van der Waals surface area contributed by atoms with E-state index in [0.717, 1.165) is 5.69 Å². The van der Waals surface area contributed by atoms with E-state index in [1.54, 1.807) is 52.2 Å². The molecule has 40 heavy (non-hydrogen) atoms. The quantitative estimate of drug-likeness (QED) is 0.221. The number of anilines is 1. The van der Waals surface area contributed by atoms with Crippen LogP contribution in [0, 0.1) is 5.82 Å². The fraction of sp³-hybridized carbons (Fsp3) is 0.138. The van der Waals surface area contributed by atoms with E-state index in [0.29, 0.717) is 43.1 Å². The normalized spacial score (nSPS) is 13.3. The predicted octanol–water partition coefficient (Wildman–Crippen LogP) is 3.24. The zero-order chi connectivity index (χ0) is 27.9. The third kappa shape index (κ3) is 6.11. The van der Waals surface area contributed by atoms with Gasteiger partial charge in [0.05, 0.1) is 36.4 Å². The fourth-order valence-electron chi connectivity index (χ4n) is 4.13. The van der Waals surface area contributed by atoms with Gasteiger partial charge in [0.1, 0.15) is 11.5 Å². The summed E-state index contributed by atoms with van der Waals surface area (Å²) in [5.41, 5.74) is 5.15. The zero-order valence-electron chi connectivity index (χ0n) is 21.3. The molecule has 0 saturated carbocycles. The molecule has 0 spiro atoms. The minimum atomic E-state index is -1.02. The largest absolute Gasteiger partial charge is 0.378 e. The summed E-state index contributed by atoms with van der Waals surface area (Å²) in [6, 6.07) is 21.7. The Balaban J connectivity index is 1.30. The number of carbonyl (C=O) groups excluding carboxylic acids is 3. The highest BCUT2D eigenvalue weighted by atomic mass is 19.1. The first-order valence-corrected chi connectivity index (χ1v) is 12.5. The lowest BCUT2D eigenvalue weighted by Crippen LogP contribution is -2.41. The Labute approximate surface area is 229 Å². The minimum Gasteiger partial charge on any atom is -0.378 e. The third-order valence-electron chi connectivity index (χ3n) is 6.16. The van der Waals surface area contributed by atoms with Gasteiger partial charge in [-0.3, -0.25) is 14.4 Å². The topological polar surface area (TPSA) is 118 Å². The Morgan fingerprint density at radius 2 is 1.60 bits per heavy atom. The fourth-order valence-corrected chi connectivity index (χ4v) is 4.13. The number of hydrogen-bond donors (Lipinski definition) is 2. The number of hydrazone groups is 1. The number of carbonyl (C=O) groups is 3. The lowest BCUT2D eigenvalue weighted by atomic mass is 10.1. The van der Waals surface area contributed by atoms with Crippen LogP contribution in [0.2, 0.25) is 0 Å². The summed E-state index contributed by atoms with van der Waals surface area (Å²) in [6.07, 6.45) is 3.06. The number of hydrogen-bond acceptors (Lipinski definition) is 6. The number of para-hydroxylation sites is 2. The van der Waals surface area contributed by atoms with Crippen LogP contribution in [0.1, 0.15) is 15.9 Å². The second kappa shape index (κ2) is 12.1. The highest BCUT2D eigenvalue weighted by Gasteiger charge is 2.23. The van der Waals surface area contributed by atoms with Crippen molar-refractivity contribution in [2.75, 3.05) is 31.6 Å². The average Bonchev–Trinajstić information content (AvgIpc) is 3.42. The van der Waals surface area contributed by atoms with Gasteiger partial charge < -0.3 is 15.0 Å². The SMILES string of the molecule is O=C(NN=Cc1cn(-c2ccccc2)nc1-c1ccc(F)cc1)C(=O)Nc1ccccc1C(=O)N1CCOCC1. The summed E-state index contributed by atoms with van der Waals surface area (Å²) in [7, 11) is 0. The zero-order valence-corrected chi connectivity index (χ0v) is 21.3. The van der Waals surface area contributed by atoms with Gasteiger partial charge in [-0.25, -0.2) is 14.5 Å². The van der Waals surface area contributed by atoms with Crippen LogP contribution < -0.4 is 10.7 Å². The molecular formula is C29H25FN6O4. The Morgan fingerprint density at radius 3 is 2.35 bits per heavy atom. The van der Waals surface area contributed by atoms with Gasteiger partial charge in [0, 0.05) is 30.4 Å². The number of amides is 3. The molecule has 0 unspecified atom stereocenters. The summed E-state index contributed by atoms with van der Waals surface area (Å²) in [6.45, 7) is 1.76. The van der Waals surface area contributed by atoms with Gasteiger partial charge in [-0.1, -0.05) is 30.3 Å². The number of rotatable bonds is 6. The lowest BCUT2D eigenvalue weighted by Gasteiger charge is -2.27. The van der Waals surface area contributed by atoms with E-state index >= 15 is 0 Å². The van der Waals surface area contributed by atoms with Crippen molar-refractivity contribution in [1.82, 2.24) is 20.1 Å². The molecule has 1 aliphatic rings. The van der Waals surface area contributed by atoms with Gasteiger partial charge in [0.2, 0.25) is 0 Å². The summed E-state index contributed by atoms with van der Waals surface area (Å²) >= 11 is 0. The van der Waals surface area contributed by atoms with Gasteiger partial charge >= 0.3 is 11.8 Å². The molecular weight excluding hydrogens is 515 g/mol. The number of aromatic nitrogens is 2. The smallest absolute Gasteiger partial charge is 0.329 e. The molecule has 5 rings (SSSR count). The molecule has 4 aromatic rings. The van der Waals surface area contributed by atoms with E-state index in [2.05, 4.69) is 20.9 Å². The molecule has 0 bridgehead atoms. The van der Waals surface area contributed by atoms with Gasteiger partial charge in [0.15, 0.2) is 0 Å². The standard InChI is InChI=1S/C29H25FN6O4/c30-22-12-10-20(11-13-22)26-21(19-36(34-26)23-6-2-1-3-7-23)18-31-33-28(38)27(37)32-25-9-5-4-8-24(25)29(39)35-14-16-40-17-15-35/h1-13,18-19H,14-17H2,(H,32,37)(H,33,38). The van der Waals surface area contributed by atoms with Gasteiger partial charge in [-0.2, -0.15) is 10.2 Å². The van der Waals surface area contributed by atoms with Crippen LogP contribution in [0.3, 0.4) is 0 Å². The van der Waals surface area contributed by atoms with E-state index in [4.69, 9.17) is 4.74 Å². The highest BCUT2D eigenvalue weighted by molar-refractivity contribution is 6.40. The Morgan fingerprint density at radius 1 is 0.900 bits per heavy atom. The van der Waals surface area contributed by atoms with E-state index < -0.39 is 11.8 Å². The van der Waals surface area contributed by atoms with Crippen molar-refractivity contribution >= 4 is 29.6 Å². The van der Waals surface area contributed by atoms with Crippen LogP contribution in [-0.2, 0) is 14.3 Å². The van der Waals surface area contributed by atoms with Crippen LogP contribution in [0.15, 0.2) is 90.2 Å². The van der Waals surface area contributed by atoms with Crippen molar-refractivity contribution in [2.24, 2.45) is 5.10 Å². The Kier molecular flexibility index (Phi) is 8.02. The van der Waals surface area contributed by atoms with E-state index in [-0.39, 0.29) is 23.0 Å². The van der Waals surface area contributed by atoms with Gasteiger partial charge in [0.25, 0.3) is 5.91 Å². The molecule has 1 fully saturated rings. The molecule has 202 valence electrons. The van der Waals surface area contributed by atoms with Crippen molar-refractivity contribution in [3.05, 3.63) is 102 Å². The predicted molar refractivity (Wildman–Crippen MR) is 146 cm³/mol. The Bertz CT molecular complexity index is 1550. The van der Waals surface area contributed by atoms with Crippen LogP contribution in [-0.4, -0.2) is 64.9 Å². The van der Waals surface area contributed by atoms with Crippen LogP contribution in [0.25, 0.3) is 16.9 Å². The summed E-state index contributed by atoms with van der Waals surface area (Å²) in [5, 5.41) is 11.0. The van der Waals surface area contributed by atoms with Crippen LogP contribution >= 0.6 is 0 Å². The van der Waals surface area contributed by atoms with E-state index in [1.807, 2.05) is 30.3 Å². The molecule has 11 heteroatoms. The van der Waals surface area contributed by atoms with Crippen molar-refractivity contribution in [2.45, 2.75) is 0 Å². The first-order chi connectivity index (χ1) is 19.5. The molecule has 3 amide bonds. The first kappa shape index (κ1) is 26.4. The second-order valence-corrected chi connectivity index (χ2v) is 8.82. The minimum absolute atomic E-state index is 0.214. The number of nitrogens with one attached hydrogen (secondary N) is 2. The third-order valence-corrected chi connectivity index (χ3v) is 6.16. The summed E-state index contributed by atoms with van der Waals surface area (Å²) in [4.78, 5) is 39.7. The number of halogens is 1. The molecule has 3 aromatic carbocycles. The lowest BCUT2D eigenvalue weighted by molar-refractivity contribution is -0.136. The molecule has 0 atom stereocenters. The molecule has 0 radical (unpaired) electrons. The maximum absolute atomic E-state index is 13.5. The number of benzene rings is 3. The summed E-state index contributed by atoms with van der Waals surface area (Å²) < 4.78 is 20.4. The molecule has 1 aromatic heterocycles. The molecule has 0 aliphatic carbocycles. The van der Waals surface area contributed by atoms with Gasteiger partial charge in [-0.15, -0.1) is 0 Å². The highest BCUT2D eigenvalue weighted by Crippen LogP contribution is 2.23. The molecule has 1 saturated heterocycles. The van der Waals surface area contributed by atoms with Crippen molar-refractivity contribution < 1.29 is 23.5 Å². The van der Waals surface area contributed by atoms with E-state index in [1.165, 1.54) is 18.3 Å². The summed E-state index contributed by atoms with van der Waals surface area (Å²) in [5.74, 6) is -2.66. The molecule has 10 nitrogen and oxygen atoms in total. The van der Waals surface area contributed by atoms with Crippen LogP contribution in [0.5, 0.6) is 0 Å². The van der Waals surface area contributed by atoms with Crippen molar-refractivity contribution in [1.29, 1.82) is 0 Å². The van der Waals surface area contributed by atoms with Gasteiger partial charge in [-0.05, 0) is 48.5 Å². The van der Waals surface area contributed by atoms with Crippen molar-refractivity contribution in [3.63, 3.8) is 0 Å². The number of nitrogens with zero attached hydrogens (tertiary/aromatic N) is 4. The number of morpholine rings is 1. The Hall–Kier alpha value is -5.16. The average molecular weight is 541 g/mol. The second-order valence-electron chi connectivity index (χ2n) is 8.82. The molecule has 2 N–H and O–H groups in total.